The lowest BCUT2D eigenvalue weighted by Gasteiger charge is -2.12. The fourth-order valence-electron chi connectivity index (χ4n) is 2.28. The second-order valence-electron chi connectivity index (χ2n) is 4.91. The third-order valence-electron chi connectivity index (χ3n) is 3.31. The molecule has 102 valence electrons. The number of carbonyl (C=O) groups excluding carboxylic acids is 1. The number of Topliss-reactive ketones (excluding diaryl/α,β-unsaturated/α-hetero) is 1. The Hall–Kier alpha value is -2.29. The summed E-state index contributed by atoms with van der Waals surface area (Å²) in [6, 6.07) is 17.1. The Morgan fingerprint density at radius 2 is 1.50 bits per heavy atom. The van der Waals surface area contributed by atoms with Crippen molar-refractivity contribution in [3.63, 3.8) is 0 Å². The first-order chi connectivity index (χ1) is 9.79. The average Bonchev–Trinajstić information content (AvgIpc) is 2.88. The molecule has 1 aliphatic rings. The van der Waals surface area contributed by atoms with Crippen LogP contribution < -0.4 is 9.47 Å². The molecule has 0 heterocycles. The summed E-state index contributed by atoms with van der Waals surface area (Å²) >= 11 is 0. The van der Waals surface area contributed by atoms with Gasteiger partial charge in [0.15, 0.2) is 0 Å². The fourth-order valence-corrected chi connectivity index (χ4v) is 2.28. The van der Waals surface area contributed by atoms with Gasteiger partial charge < -0.3 is 9.47 Å². The van der Waals surface area contributed by atoms with Crippen LogP contribution in [0.2, 0.25) is 0 Å². The van der Waals surface area contributed by atoms with Gasteiger partial charge in [-0.3, -0.25) is 4.79 Å². The summed E-state index contributed by atoms with van der Waals surface area (Å²) in [4.78, 5) is 11.2. The summed E-state index contributed by atoms with van der Waals surface area (Å²) in [6.45, 7) is 0. The van der Waals surface area contributed by atoms with Crippen LogP contribution in [-0.2, 0) is 4.79 Å². The molecular formula is C17H16O3. The van der Waals surface area contributed by atoms with Crippen molar-refractivity contribution in [2.75, 3.05) is 0 Å². The maximum absolute atomic E-state index is 11.2. The highest BCUT2D eigenvalue weighted by Crippen LogP contribution is 2.26. The molecule has 0 N–H and O–H groups in total. The highest BCUT2D eigenvalue weighted by molar-refractivity contribution is 5.81. The molecule has 1 atom stereocenters. The van der Waals surface area contributed by atoms with Crippen molar-refractivity contribution >= 4 is 5.78 Å². The van der Waals surface area contributed by atoms with E-state index in [1.54, 1.807) is 0 Å². The third kappa shape index (κ3) is 3.18. The van der Waals surface area contributed by atoms with Gasteiger partial charge in [0.2, 0.25) is 0 Å². The van der Waals surface area contributed by atoms with E-state index in [9.17, 15) is 4.79 Å². The van der Waals surface area contributed by atoms with E-state index in [0.29, 0.717) is 18.6 Å². The Bertz CT molecular complexity index is 575. The molecule has 0 aliphatic heterocycles. The molecule has 1 unspecified atom stereocenters. The number of rotatable bonds is 4. The van der Waals surface area contributed by atoms with E-state index in [-0.39, 0.29) is 6.10 Å². The molecule has 1 aliphatic carbocycles. The normalized spacial score (nSPS) is 18.0. The van der Waals surface area contributed by atoms with Gasteiger partial charge in [-0.15, -0.1) is 0 Å². The van der Waals surface area contributed by atoms with Crippen LogP contribution in [0.3, 0.4) is 0 Å². The van der Waals surface area contributed by atoms with Gasteiger partial charge >= 0.3 is 0 Å². The van der Waals surface area contributed by atoms with Crippen LogP contribution in [0.15, 0.2) is 54.6 Å². The van der Waals surface area contributed by atoms with Gasteiger partial charge in [0, 0.05) is 12.8 Å². The molecule has 20 heavy (non-hydrogen) atoms. The molecule has 0 amide bonds. The quantitative estimate of drug-likeness (QED) is 0.841. The van der Waals surface area contributed by atoms with Crippen molar-refractivity contribution < 1.29 is 14.3 Å². The summed E-state index contributed by atoms with van der Waals surface area (Å²) in [5, 5.41) is 0. The van der Waals surface area contributed by atoms with Gasteiger partial charge in [-0.1, -0.05) is 18.2 Å². The van der Waals surface area contributed by atoms with Gasteiger partial charge in [0.1, 0.15) is 29.1 Å². The summed E-state index contributed by atoms with van der Waals surface area (Å²) in [5.41, 5.74) is 0. The molecular weight excluding hydrogens is 252 g/mol. The maximum atomic E-state index is 11.2. The minimum absolute atomic E-state index is 0.0309. The molecule has 0 bridgehead atoms. The van der Waals surface area contributed by atoms with Crippen molar-refractivity contribution in [3.8, 4) is 17.2 Å². The summed E-state index contributed by atoms with van der Waals surface area (Å²) in [5.74, 6) is 2.65. The van der Waals surface area contributed by atoms with Gasteiger partial charge in [-0.05, 0) is 42.8 Å². The Balaban J connectivity index is 1.61. The van der Waals surface area contributed by atoms with Gasteiger partial charge in [0.05, 0.1) is 0 Å². The first-order valence-electron chi connectivity index (χ1n) is 6.81. The average molecular weight is 268 g/mol. The Kier molecular flexibility index (Phi) is 3.68. The van der Waals surface area contributed by atoms with E-state index >= 15 is 0 Å². The molecule has 3 nitrogen and oxygen atoms in total. The molecule has 1 fully saturated rings. The van der Waals surface area contributed by atoms with Crippen LogP contribution in [-0.4, -0.2) is 11.9 Å². The second-order valence-corrected chi connectivity index (χ2v) is 4.91. The van der Waals surface area contributed by atoms with Gasteiger partial charge in [-0.2, -0.15) is 0 Å². The van der Waals surface area contributed by atoms with Crippen LogP contribution >= 0.6 is 0 Å². The van der Waals surface area contributed by atoms with Gasteiger partial charge in [-0.25, -0.2) is 0 Å². The van der Waals surface area contributed by atoms with E-state index in [1.807, 2.05) is 54.6 Å². The first-order valence-corrected chi connectivity index (χ1v) is 6.81. The van der Waals surface area contributed by atoms with Crippen molar-refractivity contribution in [1.29, 1.82) is 0 Å². The van der Waals surface area contributed by atoms with Crippen LogP contribution in [0, 0.1) is 0 Å². The minimum Gasteiger partial charge on any atom is -0.490 e. The zero-order valence-corrected chi connectivity index (χ0v) is 11.1. The molecule has 2 aromatic carbocycles. The fraction of sp³-hybridized carbons (Fsp3) is 0.235. The molecule has 3 heteroatoms. The predicted molar refractivity (Wildman–Crippen MR) is 76.2 cm³/mol. The van der Waals surface area contributed by atoms with Crippen molar-refractivity contribution in [2.24, 2.45) is 0 Å². The number of hydrogen-bond acceptors (Lipinski definition) is 3. The first kappa shape index (κ1) is 12.7. The number of hydrogen-bond donors (Lipinski definition) is 0. The molecule has 2 aromatic rings. The third-order valence-corrected chi connectivity index (χ3v) is 3.31. The lowest BCUT2D eigenvalue weighted by Crippen LogP contribution is -2.11. The number of carbonyl (C=O) groups is 1. The van der Waals surface area contributed by atoms with E-state index in [4.69, 9.17) is 9.47 Å². The summed E-state index contributed by atoms with van der Waals surface area (Å²) in [6.07, 6.45) is 2.02. The van der Waals surface area contributed by atoms with Crippen molar-refractivity contribution in [3.05, 3.63) is 54.6 Å². The zero-order valence-electron chi connectivity index (χ0n) is 11.1. The van der Waals surface area contributed by atoms with Crippen molar-refractivity contribution in [2.45, 2.75) is 25.4 Å². The Morgan fingerprint density at radius 3 is 2.15 bits per heavy atom. The van der Waals surface area contributed by atoms with E-state index < -0.39 is 0 Å². The highest BCUT2D eigenvalue weighted by Gasteiger charge is 2.23. The molecule has 0 saturated heterocycles. The van der Waals surface area contributed by atoms with Crippen molar-refractivity contribution in [1.82, 2.24) is 0 Å². The number of ketones is 1. The van der Waals surface area contributed by atoms with E-state index in [1.165, 1.54) is 0 Å². The Morgan fingerprint density at radius 1 is 0.850 bits per heavy atom. The van der Waals surface area contributed by atoms with Crippen LogP contribution in [0.25, 0.3) is 0 Å². The zero-order chi connectivity index (χ0) is 13.8. The largest absolute Gasteiger partial charge is 0.490 e. The highest BCUT2D eigenvalue weighted by atomic mass is 16.5. The predicted octanol–water partition coefficient (Wildman–Crippen LogP) is 3.98. The van der Waals surface area contributed by atoms with Gasteiger partial charge in [0.25, 0.3) is 0 Å². The summed E-state index contributed by atoms with van der Waals surface area (Å²) < 4.78 is 11.5. The van der Waals surface area contributed by atoms with E-state index in [2.05, 4.69) is 0 Å². The molecule has 1 saturated carbocycles. The molecule has 3 rings (SSSR count). The monoisotopic (exact) mass is 268 g/mol. The van der Waals surface area contributed by atoms with Crippen LogP contribution in [0.4, 0.5) is 0 Å². The Labute approximate surface area is 118 Å². The minimum atomic E-state index is 0.0309. The SMILES string of the molecule is O=C1CCC(Oc2ccc(Oc3ccccc3)cc2)C1. The lowest BCUT2D eigenvalue weighted by atomic mass is 10.3. The standard InChI is InChI=1S/C17H16O3/c18-13-6-7-17(12-13)20-16-10-8-15(9-11-16)19-14-4-2-1-3-5-14/h1-5,8-11,17H,6-7,12H2. The maximum Gasteiger partial charge on any atom is 0.136 e. The second kappa shape index (κ2) is 5.78. The number of ether oxygens (including phenoxy) is 2. The van der Waals surface area contributed by atoms with Crippen LogP contribution in [0.1, 0.15) is 19.3 Å². The number of benzene rings is 2. The molecule has 0 spiro atoms. The number of para-hydroxylation sites is 1. The van der Waals surface area contributed by atoms with E-state index in [0.717, 1.165) is 23.7 Å². The molecule has 0 aromatic heterocycles. The lowest BCUT2D eigenvalue weighted by molar-refractivity contribution is -0.117. The topological polar surface area (TPSA) is 35.5 Å². The summed E-state index contributed by atoms with van der Waals surface area (Å²) in [7, 11) is 0. The smallest absolute Gasteiger partial charge is 0.136 e. The van der Waals surface area contributed by atoms with Crippen LogP contribution in [0.5, 0.6) is 17.2 Å². The molecule has 0 radical (unpaired) electrons.